The number of aromatic hydroxyl groups is 2. The van der Waals surface area contributed by atoms with Gasteiger partial charge in [0.1, 0.15) is 11.5 Å². The topological polar surface area (TPSA) is 40.5 Å². The molecule has 2 aromatic rings. The van der Waals surface area contributed by atoms with Crippen LogP contribution < -0.4 is 0 Å². The lowest BCUT2D eigenvalue weighted by Gasteiger charge is -2.31. The van der Waals surface area contributed by atoms with E-state index in [9.17, 15) is 10.2 Å². The third-order valence-electron chi connectivity index (χ3n) is 4.97. The van der Waals surface area contributed by atoms with Gasteiger partial charge < -0.3 is 10.2 Å². The molecule has 3 rings (SSSR count). The van der Waals surface area contributed by atoms with Gasteiger partial charge >= 0.3 is 0 Å². The first-order valence-corrected chi connectivity index (χ1v) is 9.31. The molecule has 0 bridgehead atoms. The predicted octanol–water partition coefficient (Wildman–Crippen LogP) is 5.01. The number of rotatable bonds is 4. The van der Waals surface area contributed by atoms with Crippen molar-refractivity contribution in [3.8, 4) is 11.5 Å². The third kappa shape index (κ3) is 2.96. The first-order chi connectivity index (χ1) is 10.6. The van der Waals surface area contributed by atoms with Crippen LogP contribution in [0.5, 0.6) is 11.5 Å². The zero-order chi connectivity index (χ0) is 15.6. The highest BCUT2D eigenvalue weighted by Crippen LogP contribution is 2.50. The molecular formula is C19H21IO2. The Kier molecular flexibility index (Phi) is 4.62. The van der Waals surface area contributed by atoms with E-state index in [0.717, 1.165) is 18.8 Å². The summed E-state index contributed by atoms with van der Waals surface area (Å²) in [5.74, 6) is 1.37. The number of phenols is 2. The summed E-state index contributed by atoms with van der Waals surface area (Å²) in [6, 6.07) is 15.3. The van der Waals surface area contributed by atoms with Crippen molar-refractivity contribution in [1.29, 1.82) is 0 Å². The van der Waals surface area contributed by atoms with Gasteiger partial charge in [0.25, 0.3) is 0 Å². The number of phenolic OH excluding ortho intramolecular Hbond substituents is 2. The van der Waals surface area contributed by atoms with Gasteiger partial charge in [0.05, 0.1) is 0 Å². The molecular weight excluding hydrogens is 387 g/mol. The van der Waals surface area contributed by atoms with Crippen molar-refractivity contribution < 1.29 is 10.2 Å². The highest BCUT2D eigenvalue weighted by Gasteiger charge is 2.41. The minimum Gasteiger partial charge on any atom is -0.508 e. The van der Waals surface area contributed by atoms with Crippen LogP contribution in [0.4, 0.5) is 0 Å². The van der Waals surface area contributed by atoms with Gasteiger partial charge in [0.15, 0.2) is 0 Å². The van der Waals surface area contributed by atoms with Crippen LogP contribution in [0.3, 0.4) is 0 Å². The molecule has 1 saturated carbocycles. The average molecular weight is 408 g/mol. The maximum absolute atomic E-state index is 9.59. The highest BCUT2D eigenvalue weighted by atomic mass is 127. The molecule has 1 aliphatic rings. The molecule has 0 aliphatic heterocycles. The van der Waals surface area contributed by atoms with E-state index in [4.69, 9.17) is 0 Å². The second kappa shape index (κ2) is 6.49. The third-order valence-corrected chi connectivity index (χ3v) is 5.60. The lowest BCUT2D eigenvalue weighted by atomic mass is 9.72. The number of alkyl halides is 1. The van der Waals surface area contributed by atoms with Crippen molar-refractivity contribution in [2.75, 3.05) is 4.43 Å². The highest BCUT2D eigenvalue weighted by molar-refractivity contribution is 14.1. The minimum absolute atomic E-state index is 0.0118. The van der Waals surface area contributed by atoms with E-state index in [2.05, 4.69) is 46.9 Å². The second-order valence-corrected chi connectivity index (χ2v) is 7.34. The van der Waals surface area contributed by atoms with Crippen LogP contribution in [0.15, 0.2) is 48.5 Å². The van der Waals surface area contributed by atoms with Gasteiger partial charge in [-0.3, -0.25) is 0 Å². The van der Waals surface area contributed by atoms with Gasteiger partial charge in [0, 0.05) is 5.41 Å². The van der Waals surface area contributed by atoms with E-state index in [1.807, 2.05) is 0 Å². The smallest absolute Gasteiger partial charge is 0.115 e. The fourth-order valence-corrected chi connectivity index (χ4v) is 4.68. The number of halogens is 1. The molecule has 0 amide bonds. The van der Waals surface area contributed by atoms with Crippen LogP contribution in [0.1, 0.15) is 36.8 Å². The SMILES string of the molecule is Oc1ccc(C2(c3ccc(O)cc3)CCC(CCI)C2)cc1. The van der Waals surface area contributed by atoms with Crippen LogP contribution in [-0.4, -0.2) is 14.6 Å². The van der Waals surface area contributed by atoms with Gasteiger partial charge in [-0.2, -0.15) is 0 Å². The van der Waals surface area contributed by atoms with Gasteiger partial charge in [0.2, 0.25) is 0 Å². The molecule has 2 N–H and O–H groups in total. The lowest BCUT2D eigenvalue weighted by molar-refractivity contribution is 0.463. The first kappa shape index (κ1) is 15.7. The average Bonchev–Trinajstić information content (AvgIpc) is 2.94. The molecule has 0 aromatic heterocycles. The van der Waals surface area contributed by atoms with Crippen molar-refractivity contribution in [2.24, 2.45) is 5.92 Å². The summed E-state index contributed by atoms with van der Waals surface area (Å²) in [6.07, 6.45) is 4.78. The molecule has 1 atom stereocenters. The van der Waals surface area contributed by atoms with E-state index in [-0.39, 0.29) is 5.41 Å². The van der Waals surface area contributed by atoms with Gasteiger partial charge in [-0.25, -0.2) is 0 Å². The summed E-state index contributed by atoms with van der Waals surface area (Å²) in [7, 11) is 0. The second-order valence-electron chi connectivity index (χ2n) is 6.26. The zero-order valence-corrected chi connectivity index (χ0v) is 14.7. The molecule has 1 unspecified atom stereocenters. The predicted molar refractivity (Wildman–Crippen MR) is 97.8 cm³/mol. The number of hydrogen-bond acceptors (Lipinski definition) is 2. The molecule has 1 fully saturated rings. The number of hydrogen-bond donors (Lipinski definition) is 2. The first-order valence-electron chi connectivity index (χ1n) is 7.79. The standard InChI is InChI=1S/C19H21IO2/c20-12-10-14-9-11-19(13-14,15-1-5-17(21)6-2-15)16-3-7-18(22)8-4-16/h1-8,14,21-22H,9-13H2. The van der Waals surface area contributed by atoms with E-state index in [0.29, 0.717) is 11.5 Å². The molecule has 0 saturated heterocycles. The van der Waals surface area contributed by atoms with Crippen LogP contribution >= 0.6 is 22.6 Å². The van der Waals surface area contributed by atoms with Crippen molar-refractivity contribution in [1.82, 2.24) is 0 Å². The van der Waals surface area contributed by atoms with E-state index in [1.54, 1.807) is 24.3 Å². The van der Waals surface area contributed by atoms with Gasteiger partial charge in [-0.05, 0) is 71.4 Å². The summed E-state index contributed by atoms with van der Waals surface area (Å²) >= 11 is 2.46. The Hall–Kier alpha value is -1.23. The van der Waals surface area contributed by atoms with Crippen molar-refractivity contribution in [2.45, 2.75) is 31.1 Å². The molecule has 3 heteroatoms. The molecule has 0 spiro atoms. The monoisotopic (exact) mass is 408 g/mol. The van der Waals surface area contributed by atoms with Gasteiger partial charge in [-0.15, -0.1) is 0 Å². The van der Waals surface area contributed by atoms with Crippen LogP contribution in [0, 0.1) is 5.92 Å². The van der Waals surface area contributed by atoms with Gasteiger partial charge in [-0.1, -0.05) is 46.9 Å². The van der Waals surface area contributed by atoms with E-state index >= 15 is 0 Å². The minimum atomic E-state index is 0.0118. The molecule has 0 radical (unpaired) electrons. The van der Waals surface area contributed by atoms with Crippen molar-refractivity contribution in [3.05, 3.63) is 59.7 Å². The molecule has 2 nitrogen and oxygen atoms in total. The Balaban J connectivity index is 2.03. The summed E-state index contributed by atoms with van der Waals surface area (Å²) in [5, 5.41) is 19.2. The quantitative estimate of drug-likeness (QED) is 0.552. The maximum atomic E-state index is 9.59. The molecule has 2 aromatic carbocycles. The normalized spacial score (nSPS) is 20.1. The lowest BCUT2D eigenvalue weighted by Crippen LogP contribution is -2.24. The Morgan fingerprint density at radius 1 is 0.909 bits per heavy atom. The summed E-state index contributed by atoms with van der Waals surface area (Å²) in [6.45, 7) is 0. The van der Waals surface area contributed by atoms with Crippen LogP contribution in [0.25, 0.3) is 0 Å². The van der Waals surface area contributed by atoms with Crippen LogP contribution in [-0.2, 0) is 5.41 Å². The van der Waals surface area contributed by atoms with E-state index in [1.165, 1.54) is 28.4 Å². The molecule has 1 aliphatic carbocycles. The van der Waals surface area contributed by atoms with E-state index < -0.39 is 0 Å². The summed E-state index contributed by atoms with van der Waals surface area (Å²) in [5.41, 5.74) is 2.55. The summed E-state index contributed by atoms with van der Waals surface area (Å²) < 4.78 is 1.20. The Morgan fingerprint density at radius 3 is 1.86 bits per heavy atom. The Morgan fingerprint density at radius 2 is 1.41 bits per heavy atom. The molecule has 116 valence electrons. The number of benzene rings is 2. The van der Waals surface area contributed by atoms with Crippen molar-refractivity contribution in [3.63, 3.8) is 0 Å². The summed E-state index contributed by atoms with van der Waals surface area (Å²) in [4.78, 5) is 0. The maximum Gasteiger partial charge on any atom is 0.115 e. The Labute approximate surface area is 145 Å². The largest absolute Gasteiger partial charge is 0.508 e. The molecule has 22 heavy (non-hydrogen) atoms. The fraction of sp³-hybridized carbons (Fsp3) is 0.368. The zero-order valence-electron chi connectivity index (χ0n) is 12.5. The van der Waals surface area contributed by atoms with Crippen molar-refractivity contribution >= 4 is 22.6 Å². The Bertz CT molecular complexity index is 573. The van der Waals surface area contributed by atoms with Crippen LogP contribution in [0.2, 0.25) is 0 Å². The molecule has 0 heterocycles. The fourth-order valence-electron chi connectivity index (χ4n) is 3.80.